The number of benzene rings is 1. The van der Waals surface area contributed by atoms with Crippen LogP contribution in [0.2, 0.25) is 0 Å². The van der Waals surface area contributed by atoms with Gasteiger partial charge in [-0.2, -0.15) is 0 Å². The summed E-state index contributed by atoms with van der Waals surface area (Å²) in [7, 11) is -3.65. The first kappa shape index (κ1) is 12.6. The van der Waals surface area contributed by atoms with Gasteiger partial charge < -0.3 is 4.90 Å². The molecule has 0 bridgehead atoms. The van der Waals surface area contributed by atoms with Crippen molar-refractivity contribution in [3.8, 4) is 0 Å². The van der Waals surface area contributed by atoms with Crippen molar-refractivity contribution < 1.29 is 18.0 Å². The van der Waals surface area contributed by atoms with Crippen LogP contribution in [0, 0.1) is 0 Å². The van der Waals surface area contributed by atoms with E-state index in [1.54, 1.807) is 30.3 Å². The third-order valence-electron chi connectivity index (χ3n) is 3.52. The molecule has 2 fully saturated rings. The Balaban J connectivity index is 2.01. The van der Waals surface area contributed by atoms with E-state index in [1.807, 2.05) is 0 Å². The van der Waals surface area contributed by atoms with E-state index in [4.69, 9.17) is 11.6 Å². The minimum atomic E-state index is -3.65. The van der Waals surface area contributed by atoms with Gasteiger partial charge in [0.15, 0.2) is 20.3 Å². The molecule has 0 aliphatic carbocycles. The lowest BCUT2D eigenvalue weighted by Gasteiger charge is -2.35. The third-order valence-corrected chi connectivity index (χ3v) is 6.54. The van der Waals surface area contributed by atoms with E-state index in [1.165, 1.54) is 0 Å². The van der Waals surface area contributed by atoms with Crippen molar-refractivity contribution in [3.63, 3.8) is 0 Å². The molecule has 2 heterocycles. The summed E-state index contributed by atoms with van der Waals surface area (Å²) in [5.74, 6) is -0.772. The number of sulfone groups is 1. The molecule has 0 N–H and O–H groups in total. The molecule has 3 atom stereocenters. The lowest BCUT2D eigenvalue weighted by Crippen LogP contribution is -2.56. The van der Waals surface area contributed by atoms with Crippen LogP contribution in [0.1, 0.15) is 16.8 Å². The van der Waals surface area contributed by atoms with Crippen LogP contribution in [0.25, 0.3) is 0 Å². The largest absolute Gasteiger partial charge is 0.312 e. The Hall–Kier alpha value is -1.40. The van der Waals surface area contributed by atoms with Crippen molar-refractivity contribution in [1.82, 2.24) is 4.90 Å². The number of hydrogen-bond donors (Lipinski definition) is 0. The molecule has 0 spiro atoms. The first-order valence-electron chi connectivity index (χ1n) is 5.72. The van der Waals surface area contributed by atoms with Gasteiger partial charge in [0.2, 0.25) is 5.91 Å². The van der Waals surface area contributed by atoms with E-state index >= 15 is 0 Å². The fourth-order valence-corrected chi connectivity index (χ4v) is 4.93. The maximum absolute atomic E-state index is 12.3. The second kappa shape index (κ2) is 4.05. The first-order valence-corrected chi connectivity index (χ1v) is 7.76. The molecule has 2 saturated heterocycles. The SMILES string of the molecule is O=C(c1ccccc1)C1C(Cl)S(=O)(=O)[C@@H]2CC(=O)N12. The van der Waals surface area contributed by atoms with Crippen LogP contribution in [-0.2, 0) is 14.6 Å². The summed E-state index contributed by atoms with van der Waals surface area (Å²) in [6.45, 7) is 0. The molecule has 0 radical (unpaired) electrons. The molecule has 2 aliphatic heterocycles. The van der Waals surface area contributed by atoms with Gasteiger partial charge >= 0.3 is 0 Å². The van der Waals surface area contributed by atoms with E-state index in [2.05, 4.69) is 0 Å². The first-order chi connectivity index (χ1) is 8.94. The fourth-order valence-electron chi connectivity index (χ4n) is 2.48. The van der Waals surface area contributed by atoms with E-state index < -0.39 is 31.7 Å². The summed E-state index contributed by atoms with van der Waals surface area (Å²) in [5, 5.41) is -0.930. The third kappa shape index (κ3) is 1.63. The molecule has 1 amide bonds. The lowest BCUT2D eigenvalue weighted by atomic mass is 10.0. The molecule has 1 aromatic rings. The highest BCUT2D eigenvalue weighted by Gasteiger charge is 2.62. The molecule has 5 nitrogen and oxygen atoms in total. The van der Waals surface area contributed by atoms with E-state index in [-0.39, 0.29) is 12.3 Å². The minimum absolute atomic E-state index is 0.0792. The van der Waals surface area contributed by atoms with Crippen LogP contribution >= 0.6 is 11.6 Å². The number of ketones is 1. The minimum Gasteiger partial charge on any atom is -0.312 e. The van der Waals surface area contributed by atoms with Crippen molar-refractivity contribution in [3.05, 3.63) is 35.9 Å². The number of Topliss-reactive ketones (excluding diaryl/α,β-unsaturated/α-hetero) is 1. The molecule has 1 aromatic carbocycles. The van der Waals surface area contributed by atoms with Crippen LogP contribution in [-0.4, -0.2) is 41.1 Å². The molecule has 0 saturated carbocycles. The molecule has 2 aliphatic rings. The van der Waals surface area contributed by atoms with Gasteiger partial charge in [-0.3, -0.25) is 9.59 Å². The topological polar surface area (TPSA) is 71.5 Å². The van der Waals surface area contributed by atoms with E-state index in [9.17, 15) is 18.0 Å². The smallest absolute Gasteiger partial charge is 0.227 e. The standard InChI is InChI=1S/C12H10ClNO4S/c13-12-10(11(16)7-4-2-1-3-5-7)14-8(15)6-9(14)19(12,17)18/h1-5,9-10,12H,6H2/t9-,10?,12?/m1/s1. The second-order valence-electron chi connectivity index (χ2n) is 4.58. The van der Waals surface area contributed by atoms with Crippen molar-refractivity contribution in [1.29, 1.82) is 0 Å². The molecule has 0 aromatic heterocycles. The molecule has 3 rings (SSSR count). The maximum atomic E-state index is 12.3. The molecular weight excluding hydrogens is 290 g/mol. The molecular formula is C12H10ClNO4S. The quantitative estimate of drug-likeness (QED) is 0.460. The van der Waals surface area contributed by atoms with Crippen LogP contribution < -0.4 is 0 Å². The Morgan fingerprint density at radius 2 is 1.89 bits per heavy atom. The number of nitrogens with zero attached hydrogens (tertiary/aromatic N) is 1. The van der Waals surface area contributed by atoms with Gasteiger partial charge in [0.05, 0.1) is 6.42 Å². The Morgan fingerprint density at radius 3 is 2.47 bits per heavy atom. The molecule has 7 heteroatoms. The zero-order chi connectivity index (χ0) is 13.8. The highest BCUT2D eigenvalue weighted by molar-refractivity contribution is 7.94. The molecule has 2 unspecified atom stereocenters. The van der Waals surface area contributed by atoms with Gasteiger partial charge in [-0.15, -0.1) is 11.6 Å². The van der Waals surface area contributed by atoms with E-state index in [0.717, 1.165) is 4.90 Å². The average Bonchev–Trinajstić information content (AvgIpc) is 2.56. The average molecular weight is 300 g/mol. The zero-order valence-electron chi connectivity index (χ0n) is 9.69. The van der Waals surface area contributed by atoms with Crippen LogP contribution in [0.5, 0.6) is 0 Å². The van der Waals surface area contributed by atoms with E-state index in [0.29, 0.717) is 5.56 Å². The molecule has 19 heavy (non-hydrogen) atoms. The normalized spacial score (nSPS) is 31.7. The molecule has 100 valence electrons. The van der Waals surface area contributed by atoms with Crippen molar-refractivity contribution in [2.24, 2.45) is 0 Å². The van der Waals surface area contributed by atoms with Gasteiger partial charge in [0.1, 0.15) is 11.4 Å². The number of alkyl halides is 1. The number of carbonyl (C=O) groups excluding carboxylic acids is 2. The summed E-state index contributed by atoms with van der Waals surface area (Å²) >= 11 is 5.91. The van der Waals surface area contributed by atoms with Crippen molar-refractivity contribution >= 4 is 33.1 Å². The number of carbonyl (C=O) groups is 2. The summed E-state index contributed by atoms with van der Waals surface area (Å²) in [4.78, 5) is 25.0. The fraction of sp³-hybridized carbons (Fsp3) is 0.333. The number of amides is 1. The highest BCUT2D eigenvalue weighted by atomic mass is 35.5. The zero-order valence-corrected chi connectivity index (χ0v) is 11.3. The number of β-lactam (4-membered cyclic amide) rings is 1. The monoisotopic (exact) mass is 299 g/mol. The number of rotatable bonds is 2. The number of hydrogen-bond acceptors (Lipinski definition) is 4. The summed E-state index contributed by atoms with van der Waals surface area (Å²) in [6, 6.07) is 7.15. The van der Waals surface area contributed by atoms with Gasteiger partial charge in [-0.05, 0) is 0 Å². The number of fused-ring (bicyclic) bond motifs is 1. The predicted molar refractivity (Wildman–Crippen MR) is 68.4 cm³/mol. The van der Waals surface area contributed by atoms with Crippen molar-refractivity contribution in [2.75, 3.05) is 0 Å². The van der Waals surface area contributed by atoms with Gasteiger partial charge in [0, 0.05) is 5.56 Å². The summed E-state index contributed by atoms with van der Waals surface area (Å²) in [5.41, 5.74) is 0.355. The Bertz CT molecular complexity index is 658. The Kier molecular flexibility index (Phi) is 2.69. The highest BCUT2D eigenvalue weighted by Crippen LogP contribution is 2.42. The maximum Gasteiger partial charge on any atom is 0.227 e. The van der Waals surface area contributed by atoms with Crippen LogP contribution in [0.4, 0.5) is 0 Å². The number of halogens is 1. The second-order valence-corrected chi connectivity index (χ2v) is 7.53. The van der Waals surface area contributed by atoms with Crippen molar-refractivity contribution in [2.45, 2.75) is 22.5 Å². The van der Waals surface area contributed by atoms with Crippen LogP contribution in [0.3, 0.4) is 0 Å². The lowest BCUT2D eigenvalue weighted by molar-refractivity contribution is -0.142. The van der Waals surface area contributed by atoms with Gasteiger partial charge in [-0.1, -0.05) is 30.3 Å². The van der Waals surface area contributed by atoms with Gasteiger partial charge in [0.25, 0.3) is 0 Å². The Labute approximate surface area is 115 Å². The summed E-state index contributed by atoms with van der Waals surface area (Å²) in [6.07, 6.45) is -0.0792. The summed E-state index contributed by atoms with van der Waals surface area (Å²) < 4.78 is 22.6. The van der Waals surface area contributed by atoms with Gasteiger partial charge in [-0.25, -0.2) is 8.42 Å². The van der Waals surface area contributed by atoms with Crippen LogP contribution in [0.15, 0.2) is 30.3 Å². The Morgan fingerprint density at radius 1 is 1.26 bits per heavy atom. The predicted octanol–water partition coefficient (Wildman–Crippen LogP) is 0.790.